The molecular weight excluding hydrogens is 432 g/mol. The smallest absolute Gasteiger partial charge is 0.258 e. The van der Waals surface area contributed by atoms with Gasteiger partial charge in [0.05, 0.1) is 22.0 Å². The maximum absolute atomic E-state index is 13.0. The summed E-state index contributed by atoms with van der Waals surface area (Å²) >= 11 is 11.6. The molecule has 0 aromatic heterocycles. The van der Waals surface area contributed by atoms with E-state index < -0.39 is 15.6 Å². The Hall–Kier alpha value is -2.02. The van der Waals surface area contributed by atoms with Gasteiger partial charge in [0.2, 0.25) is 0 Å². The van der Waals surface area contributed by atoms with Gasteiger partial charge in [-0.25, -0.2) is 8.42 Å². The molecule has 0 bridgehead atoms. The summed E-state index contributed by atoms with van der Waals surface area (Å²) in [5.41, 5.74) is -0.0662. The number of halogens is 1. The van der Waals surface area contributed by atoms with Crippen LogP contribution < -0.4 is 4.90 Å². The van der Waals surface area contributed by atoms with Crippen molar-refractivity contribution in [1.29, 1.82) is 5.26 Å². The quantitative estimate of drug-likeness (QED) is 0.339. The minimum absolute atomic E-state index is 0.0482. The fourth-order valence-electron chi connectivity index (χ4n) is 2.97. The number of benzene rings is 1. The van der Waals surface area contributed by atoms with Gasteiger partial charge in [-0.1, -0.05) is 18.5 Å². The highest BCUT2D eigenvalue weighted by molar-refractivity contribution is 7.90. The van der Waals surface area contributed by atoms with E-state index in [4.69, 9.17) is 29.1 Å². The van der Waals surface area contributed by atoms with Gasteiger partial charge in [-0.3, -0.25) is 9.69 Å². The molecule has 0 saturated carbocycles. The Labute approximate surface area is 182 Å². The van der Waals surface area contributed by atoms with Gasteiger partial charge in [0.15, 0.2) is 5.11 Å². The van der Waals surface area contributed by atoms with Crippen molar-refractivity contribution in [3.05, 3.63) is 28.8 Å². The Balaban J connectivity index is 2.11. The molecule has 0 N–H and O–H groups in total. The summed E-state index contributed by atoms with van der Waals surface area (Å²) in [5, 5.41) is 9.60. The average molecular weight is 455 g/mol. The average Bonchev–Trinajstić information content (AvgIpc) is 2.82. The number of thiocarbonyl (C=S) groups is 1. The first kappa shape index (κ1) is 23.3. The SMILES string of the molecule is CC/C=N/S(=O)(=O)CCCCN1C(=S)N(c2ccc(C#N)c(Cl)c2)C(=O)C1(C)C. The number of rotatable bonds is 8. The zero-order valence-electron chi connectivity index (χ0n) is 16.6. The minimum Gasteiger partial charge on any atom is -0.334 e. The Morgan fingerprint density at radius 1 is 1.34 bits per heavy atom. The molecule has 0 unspecified atom stereocenters. The molecule has 2 rings (SSSR count). The van der Waals surface area contributed by atoms with E-state index in [-0.39, 0.29) is 16.7 Å². The number of hydrogen-bond donors (Lipinski definition) is 0. The molecule has 0 radical (unpaired) electrons. The van der Waals surface area contributed by atoms with Crippen LogP contribution in [0, 0.1) is 11.3 Å². The Morgan fingerprint density at radius 3 is 2.62 bits per heavy atom. The van der Waals surface area contributed by atoms with E-state index in [0.717, 1.165) is 0 Å². The topological polar surface area (TPSA) is 93.8 Å². The third-order valence-electron chi connectivity index (χ3n) is 4.61. The molecule has 156 valence electrons. The normalized spacial score (nSPS) is 16.7. The zero-order valence-corrected chi connectivity index (χ0v) is 18.9. The van der Waals surface area contributed by atoms with Crippen molar-refractivity contribution in [3.63, 3.8) is 0 Å². The van der Waals surface area contributed by atoms with Gasteiger partial charge in [0, 0.05) is 12.8 Å². The lowest BCUT2D eigenvalue weighted by Crippen LogP contribution is -2.44. The van der Waals surface area contributed by atoms with Crippen LogP contribution in [0.3, 0.4) is 0 Å². The van der Waals surface area contributed by atoms with Gasteiger partial charge < -0.3 is 4.90 Å². The van der Waals surface area contributed by atoms with Gasteiger partial charge in [-0.2, -0.15) is 9.66 Å². The first-order valence-electron chi connectivity index (χ1n) is 9.17. The van der Waals surface area contributed by atoms with Crippen LogP contribution in [0.25, 0.3) is 0 Å². The van der Waals surface area contributed by atoms with Crippen molar-refractivity contribution in [1.82, 2.24) is 4.90 Å². The van der Waals surface area contributed by atoms with Gasteiger partial charge in [-0.05, 0) is 63.5 Å². The molecule has 1 aliphatic heterocycles. The summed E-state index contributed by atoms with van der Waals surface area (Å²) in [6, 6.07) is 6.70. The predicted molar refractivity (Wildman–Crippen MR) is 119 cm³/mol. The van der Waals surface area contributed by atoms with Gasteiger partial charge in [0.1, 0.15) is 11.6 Å². The fourth-order valence-corrected chi connectivity index (χ4v) is 4.74. The molecule has 1 fully saturated rings. The fraction of sp³-hybridized carbons (Fsp3) is 0.474. The first-order valence-corrected chi connectivity index (χ1v) is 11.6. The van der Waals surface area contributed by atoms with Crippen molar-refractivity contribution < 1.29 is 13.2 Å². The summed E-state index contributed by atoms with van der Waals surface area (Å²) in [7, 11) is -3.46. The van der Waals surface area contributed by atoms with E-state index in [2.05, 4.69) is 4.40 Å². The number of nitrogens with zero attached hydrogens (tertiary/aromatic N) is 4. The molecule has 10 heteroatoms. The summed E-state index contributed by atoms with van der Waals surface area (Å²) < 4.78 is 27.2. The summed E-state index contributed by atoms with van der Waals surface area (Å²) in [6.45, 7) is 5.80. The van der Waals surface area contributed by atoms with Crippen LogP contribution in [0.4, 0.5) is 5.69 Å². The number of amides is 1. The molecular formula is C19H23ClN4O3S2. The lowest BCUT2D eigenvalue weighted by molar-refractivity contribution is -0.123. The molecule has 0 spiro atoms. The molecule has 1 saturated heterocycles. The standard InChI is InChI=1S/C19H23ClN4O3S2/c1-4-9-22-29(26,27)11-6-5-10-23-18(28)24(17(25)19(23,2)3)15-8-7-14(13-21)16(20)12-15/h7-9,12H,4-6,10-11H2,1-3H3/b22-9+. The summed E-state index contributed by atoms with van der Waals surface area (Å²) in [5.74, 6) is -0.253. The lowest BCUT2D eigenvalue weighted by Gasteiger charge is -2.29. The summed E-state index contributed by atoms with van der Waals surface area (Å²) in [6.07, 6.45) is 2.90. The van der Waals surface area contributed by atoms with Crippen LogP contribution >= 0.6 is 23.8 Å². The van der Waals surface area contributed by atoms with Crippen molar-refractivity contribution in [3.8, 4) is 6.07 Å². The van der Waals surface area contributed by atoms with E-state index in [9.17, 15) is 13.2 Å². The van der Waals surface area contributed by atoms with Gasteiger partial charge in [-0.15, -0.1) is 0 Å². The van der Waals surface area contributed by atoms with Crippen LogP contribution in [0.1, 0.15) is 45.6 Å². The molecule has 1 aromatic rings. The van der Waals surface area contributed by atoms with Crippen LogP contribution in [-0.4, -0.2) is 48.4 Å². The second-order valence-electron chi connectivity index (χ2n) is 7.10. The number of nitriles is 1. The van der Waals surface area contributed by atoms with Crippen LogP contribution in [0.2, 0.25) is 5.02 Å². The molecule has 1 aromatic carbocycles. The third-order valence-corrected chi connectivity index (χ3v) is 6.60. The van der Waals surface area contributed by atoms with Gasteiger partial charge >= 0.3 is 0 Å². The van der Waals surface area contributed by atoms with Crippen LogP contribution in [0.15, 0.2) is 22.6 Å². The maximum atomic E-state index is 13.0. The number of sulfonamides is 1. The number of carbonyl (C=O) groups is 1. The molecule has 1 amide bonds. The lowest BCUT2D eigenvalue weighted by atomic mass is 10.0. The highest BCUT2D eigenvalue weighted by Crippen LogP contribution is 2.34. The van der Waals surface area contributed by atoms with Gasteiger partial charge in [0.25, 0.3) is 15.9 Å². The molecule has 1 heterocycles. The minimum atomic E-state index is -3.46. The molecule has 29 heavy (non-hydrogen) atoms. The van der Waals surface area contributed by atoms with E-state index in [1.165, 1.54) is 11.1 Å². The van der Waals surface area contributed by atoms with Crippen molar-refractivity contribution in [2.45, 2.75) is 45.6 Å². The second kappa shape index (κ2) is 9.20. The largest absolute Gasteiger partial charge is 0.334 e. The zero-order chi connectivity index (χ0) is 21.8. The Morgan fingerprint density at radius 2 is 2.03 bits per heavy atom. The van der Waals surface area contributed by atoms with E-state index in [0.29, 0.717) is 42.2 Å². The van der Waals surface area contributed by atoms with E-state index in [1.807, 2.05) is 13.0 Å². The van der Waals surface area contributed by atoms with E-state index >= 15 is 0 Å². The Kier molecular flexibility index (Phi) is 7.38. The molecule has 0 aliphatic carbocycles. The van der Waals surface area contributed by atoms with Crippen molar-refractivity contribution in [2.75, 3.05) is 17.2 Å². The Bertz CT molecular complexity index is 984. The van der Waals surface area contributed by atoms with Crippen molar-refractivity contribution in [2.24, 2.45) is 4.40 Å². The van der Waals surface area contributed by atoms with Crippen molar-refractivity contribution >= 4 is 56.8 Å². The second-order valence-corrected chi connectivity index (χ2v) is 9.65. The molecule has 1 aliphatic rings. The number of anilines is 1. The number of hydrogen-bond acceptors (Lipinski definition) is 5. The highest BCUT2D eigenvalue weighted by atomic mass is 35.5. The number of unbranched alkanes of at least 4 members (excludes halogenated alkanes) is 1. The van der Waals surface area contributed by atoms with Crippen LogP contribution in [0.5, 0.6) is 0 Å². The van der Waals surface area contributed by atoms with Crippen LogP contribution in [-0.2, 0) is 14.8 Å². The maximum Gasteiger partial charge on any atom is 0.258 e. The predicted octanol–water partition coefficient (Wildman–Crippen LogP) is 3.51. The third kappa shape index (κ3) is 5.13. The molecule has 0 atom stereocenters. The first-order chi connectivity index (χ1) is 13.5. The van der Waals surface area contributed by atoms with E-state index in [1.54, 1.807) is 36.9 Å². The summed E-state index contributed by atoms with van der Waals surface area (Å²) in [4.78, 5) is 16.2. The number of carbonyl (C=O) groups excluding carboxylic acids is 1. The molecule has 7 nitrogen and oxygen atoms in total. The monoisotopic (exact) mass is 454 g/mol. The highest BCUT2D eigenvalue weighted by Gasteiger charge is 2.49.